The van der Waals surface area contributed by atoms with Gasteiger partial charge >= 0.3 is 11.9 Å². The Labute approximate surface area is 170 Å². The lowest BCUT2D eigenvalue weighted by Crippen LogP contribution is -2.07. The first kappa shape index (κ1) is 23.9. The van der Waals surface area contributed by atoms with Crippen molar-refractivity contribution in [2.45, 2.75) is 85.0 Å². The van der Waals surface area contributed by atoms with Crippen molar-refractivity contribution in [3.63, 3.8) is 0 Å². The number of aryl methyl sites for hydroxylation is 2. The largest absolute Gasteiger partial charge is 0.463 e. The van der Waals surface area contributed by atoms with Crippen molar-refractivity contribution in [3.05, 3.63) is 41.5 Å². The summed E-state index contributed by atoms with van der Waals surface area (Å²) in [4.78, 5) is 23.4. The lowest BCUT2D eigenvalue weighted by Gasteiger charge is -2.04. The van der Waals surface area contributed by atoms with Crippen LogP contribution in [0.15, 0.2) is 30.4 Å². The van der Waals surface area contributed by atoms with Gasteiger partial charge in [-0.15, -0.1) is 0 Å². The van der Waals surface area contributed by atoms with Gasteiger partial charge in [-0.3, -0.25) is 0 Å². The first-order valence-corrected chi connectivity index (χ1v) is 10.7. The number of hydrogen-bond acceptors (Lipinski definition) is 4. The second-order valence-corrected chi connectivity index (χ2v) is 7.43. The molecule has 0 fully saturated rings. The molecule has 4 nitrogen and oxygen atoms in total. The summed E-state index contributed by atoms with van der Waals surface area (Å²) in [5, 5.41) is 0. The molecule has 0 N–H and O–H groups in total. The first-order chi connectivity index (χ1) is 13.5. The number of carbonyl (C=O) groups excluding carboxylic acids is 2. The predicted octanol–water partition coefficient (Wildman–Crippen LogP) is 6.23. The maximum atomic E-state index is 11.8. The second kappa shape index (κ2) is 14.9. The molecule has 0 saturated carbocycles. The fourth-order valence-corrected chi connectivity index (χ4v) is 3.09. The molecule has 0 aliphatic heterocycles. The van der Waals surface area contributed by atoms with Crippen LogP contribution in [0.5, 0.6) is 5.75 Å². The van der Waals surface area contributed by atoms with Crippen LogP contribution in [0.4, 0.5) is 0 Å². The first-order valence-electron chi connectivity index (χ1n) is 10.7. The maximum Gasteiger partial charge on any atom is 0.336 e. The summed E-state index contributed by atoms with van der Waals surface area (Å²) in [5.74, 6) is -0.611. The molecule has 0 aliphatic carbocycles. The molecule has 0 amide bonds. The summed E-state index contributed by atoms with van der Waals surface area (Å²) in [6.07, 6.45) is 14.6. The van der Waals surface area contributed by atoms with Crippen LogP contribution in [0.3, 0.4) is 0 Å². The van der Waals surface area contributed by atoms with Crippen molar-refractivity contribution in [1.29, 1.82) is 0 Å². The third-order valence-electron chi connectivity index (χ3n) is 4.51. The van der Waals surface area contributed by atoms with E-state index in [9.17, 15) is 9.59 Å². The topological polar surface area (TPSA) is 52.6 Å². The summed E-state index contributed by atoms with van der Waals surface area (Å²) in [7, 11) is 0. The molecular formula is C24H36O4. The third-order valence-corrected chi connectivity index (χ3v) is 4.51. The predicted molar refractivity (Wildman–Crippen MR) is 113 cm³/mol. The Morgan fingerprint density at radius 1 is 0.750 bits per heavy atom. The normalized spacial score (nSPS) is 11.0. The van der Waals surface area contributed by atoms with Crippen LogP contribution >= 0.6 is 0 Å². The van der Waals surface area contributed by atoms with E-state index in [2.05, 4.69) is 6.92 Å². The van der Waals surface area contributed by atoms with E-state index >= 15 is 0 Å². The van der Waals surface area contributed by atoms with Crippen LogP contribution in [0.1, 0.15) is 82.3 Å². The van der Waals surface area contributed by atoms with Crippen molar-refractivity contribution >= 4 is 11.9 Å². The summed E-state index contributed by atoms with van der Waals surface area (Å²) in [6.45, 7) is 6.50. The Bertz CT molecular complexity index is 599. The van der Waals surface area contributed by atoms with Crippen molar-refractivity contribution in [2.75, 3.05) is 6.61 Å². The molecule has 0 heterocycles. The monoisotopic (exact) mass is 388 g/mol. The van der Waals surface area contributed by atoms with E-state index in [4.69, 9.17) is 9.47 Å². The van der Waals surface area contributed by atoms with Crippen LogP contribution in [-0.2, 0) is 14.3 Å². The Hall–Kier alpha value is -2.10. The van der Waals surface area contributed by atoms with Gasteiger partial charge < -0.3 is 9.47 Å². The van der Waals surface area contributed by atoms with Gasteiger partial charge in [-0.25, -0.2) is 9.59 Å². The molecule has 1 aromatic carbocycles. The number of rotatable bonds is 14. The molecule has 1 rings (SSSR count). The van der Waals surface area contributed by atoms with Crippen LogP contribution in [0, 0.1) is 13.8 Å². The van der Waals surface area contributed by atoms with Gasteiger partial charge in [-0.1, -0.05) is 70.8 Å². The van der Waals surface area contributed by atoms with Crippen LogP contribution < -0.4 is 4.74 Å². The van der Waals surface area contributed by atoms with E-state index in [-0.39, 0.29) is 0 Å². The van der Waals surface area contributed by atoms with Crippen LogP contribution in [-0.4, -0.2) is 18.5 Å². The average Bonchev–Trinajstić information content (AvgIpc) is 2.63. The van der Waals surface area contributed by atoms with Crippen molar-refractivity contribution in [1.82, 2.24) is 0 Å². The van der Waals surface area contributed by atoms with Gasteiger partial charge in [0.15, 0.2) is 0 Å². The summed E-state index contributed by atoms with van der Waals surface area (Å²) in [5.41, 5.74) is 2.03. The lowest BCUT2D eigenvalue weighted by molar-refractivity contribution is -0.138. The zero-order valence-corrected chi connectivity index (χ0v) is 17.8. The van der Waals surface area contributed by atoms with E-state index in [1.165, 1.54) is 51.4 Å². The maximum absolute atomic E-state index is 11.8. The molecule has 0 unspecified atom stereocenters. The van der Waals surface area contributed by atoms with Gasteiger partial charge in [0.25, 0.3) is 0 Å². The van der Waals surface area contributed by atoms with Crippen molar-refractivity contribution < 1.29 is 19.1 Å². The van der Waals surface area contributed by atoms with E-state index in [0.717, 1.165) is 36.1 Å². The highest BCUT2D eigenvalue weighted by atomic mass is 16.5. The van der Waals surface area contributed by atoms with Gasteiger partial charge in [-0.05, 0) is 43.5 Å². The Morgan fingerprint density at radius 2 is 1.25 bits per heavy atom. The van der Waals surface area contributed by atoms with Gasteiger partial charge in [0, 0.05) is 12.2 Å². The Kier molecular flexibility index (Phi) is 12.7. The number of benzene rings is 1. The minimum atomic E-state index is -0.583. The van der Waals surface area contributed by atoms with E-state index in [1.807, 2.05) is 19.9 Å². The molecule has 156 valence electrons. The summed E-state index contributed by atoms with van der Waals surface area (Å²) >= 11 is 0. The highest BCUT2D eigenvalue weighted by Crippen LogP contribution is 2.16. The quantitative estimate of drug-likeness (QED) is 0.164. The SMILES string of the molecule is CCCCCCCCCCCCOC(=O)/C=C/C(=O)Oc1cc(C)cc(C)c1. The lowest BCUT2D eigenvalue weighted by atomic mass is 10.1. The second-order valence-electron chi connectivity index (χ2n) is 7.43. The van der Waals surface area contributed by atoms with Gasteiger partial charge in [-0.2, -0.15) is 0 Å². The molecule has 0 aromatic heterocycles. The molecule has 0 atom stereocenters. The smallest absolute Gasteiger partial charge is 0.336 e. The molecular weight excluding hydrogens is 352 g/mol. The van der Waals surface area contributed by atoms with E-state index < -0.39 is 11.9 Å². The minimum Gasteiger partial charge on any atom is -0.463 e. The number of hydrogen-bond donors (Lipinski definition) is 0. The molecule has 0 spiro atoms. The standard InChI is InChI=1S/C24H36O4/c1-4-5-6-7-8-9-10-11-12-13-16-27-23(25)14-15-24(26)28-22-18-20(2)17-21(3)19-22/h14-15,17-19H,4-13,16H2,1-3H3/b15-14+. The summed E-state index contributed by atoms with van der Waals surface area (Å²) in [6, 6.07) is 5.56. The van der Waals surface area contributed by atoms with Gasteiger partial charge in [0.1, 0.15) is 5.75 Å². The third kappa shape index (κ3) is 12.3. The molecule has 0 radical (unpaired) electrons. The molecule has 0 saturated heterocycles. The van der Waals surface area contributed by atoms with Gasteiger partial charge in [0.2, 0.25) is 0 Å². The fraction of sp³-hybridized carbons (Fsp3) is 0.583. The number of esters is 2. The molecule has 1 aromatic rings. The van der Waals surface area contributed by atoms with Crippen molar-refractivity contribution in [2.24, 2.45) is 0 Å². The fourth-order valence-electron chi connectivity index (χ4n) is 3.09. The molecule has 0 aliphatic rings. The van der Waals surface area contributed by atoms with Crippen LogP contribution in [0.2, 0.25) is 0 Å². The van der Waals surface area contributed by atoms with Gasteiger partial charge in [0.05, 0.1) is 6.61 Å². The number of carbonyl (C=O) groups is 2. The number of ether oxygens (including phenoxy) is 2. The molecule has 28 heavy (non-hydrogen) atoms. The zero-order chi connectivity index (χ0) is 20.6. The van der Waals surface area contributed by atoms with E-state index in [0.29, 0.717) is 12.4 Å². The Balaban J connectivity index is 2.07. The van der Waals surface area contributed by atoms with Crippen LogP contribution in [0.25, 0.3) is 0 Å². The average molecular weight is 389 g/mol. The number of unbranched alkanes of at least 4 members (excludes halogenated alkanes) is 9. The van der Waals surface area contributed by atoms with Crippen molar-refractivity contribution in [3.8, 4) is 5.75 Å². The summed E-state index contributed by atoms with van der Waals surface area (Å²) < 4.78 is 10.3. The van der Waals surface area contributed by atoms with E-state index in [1.54, 1.807) is 12.1 Å². The zero-order valence-electron chi connectivity index (χ0n) is 17.8. The molecule has 4 heteroatoms. The Morgan fingerprint density at radius 3 is 1.82 bits per heavy atom. The highest BCUT2D eigenvalue weighted by Gasteiger charge is 2.04. The highest BCUT2D eigenvalue weighted by molar-refractivity contribution is 5.92. The molecule has 0 bridgehead atoms. The minimum absolute atomic E-state index is 0.395.